The highest BCUT2D eigenvalue weighted by atomic mass is 79.9. The van der Waals surface area contributed by atoms with Gasteiger partial charge in [0, 0.05) is 6.07 Å². The zero-order valence-electron chi connectivity index (χ0n) is 7.79. The van der Waals surface area contributed by atoms with E-state index in [9.17, 15) is 28.1 Å². The summed E-state index contributed by atoms with van der Waals surface area (Å²) in [5.74, 6) is -1.69. The van der Waals surface area contributed by atoms with Gasteiger partial charge in [0.1, 0.15) is 4.47 Å². The number of nitrogens with zero attached hydrogens (tertiary/aromatic N) is 1. The molecule has 0 aromatic heterocycles. The Labute approximate surface area is 100 Å². The summed E-state index contributed by atoms with van der Waals surface area (Å²) in [6.45, 7) is 0. The number of alkyl halides is 3. The number of carboxylic acid groups (broad SMARTS) is 1. The highest BCUT2D eigenvalue weighted by molar-refractivity contribution is 9.10. The molecule has 0 amide bonds. The van der Waals surface area contributed by atoms with Crippen LogP contribution >= 0.6 is 15.9 Å². The maximum atomic E-state index is 12.4. The Morgan fingerprint density at radius 3 is 2.29 bits per heavy atom. The van der Waals surface area contributed by atoms with Crippen molar-refractivity contribution in [3.8, 4) is 0 Å². The summed E-state index contributed by atoms with van der Waals surface area (Å²) < 4.78 is 36.6. The molecule has 0 fully saturated rings. The van der Waals surface area contributed by atoms with E-state index in [0.717, 1.165) is 0 Å². The van der Waals surface area contributed by atoms with Crippen molar-refractivity contribution in [1.29, 1.82) is 0 Å². The zero-order valence-corrected chi connectivity index (χ0v) is 9.37. The van der Waals surface area contributed by atoms with E-state index in [2.05, 4.69) is 15.9 Å². The van der Waals surface area contributed by atoms with E-state index in [0.29, 0.717) is 6.07 Å². The highest BCUT2D eigenvalue weighted by Gasteiger charge is 2.35. The van der Waals surface area contributed by atoms with Crippen molar-refractivity contribution in [1.82, 2.24) is 0 Å². The number of carbonyl (C=O) groups is 1. The van der Waals surface area contributed by atoms with Crippen molar-refractivity contribution >= 4 is 27.6 Å². The molecule has 0 bridgehead atoms. The number of nitro benzene ring substituents is 1. The molecule has 5 nitrogen and oxygen atoms in total. The van der Waals surface area contributed by atoms with E-state index in [1.165, 1.54) is 0 Å². The van der Waals surface area contributed by atoms with Crippen molar-refractivity contribution in [2.45, 2.75) is 6.18 Å². The number of rotatable bonds is 2. The number of halogens is 4. The third-order valence-corrected chi connectivity index (χ3v) is 2.64. The Morgan fingerprint density at radius 2 is 1.94 bits per heavy atom. The number of hydrogen-bond donors (Lipinski definition) is 1. The molecule has 1 rings (SSSR count). The molecule has 92 valence electrons. The van der Waals surface area contributed by atoms with Gasteiger partial charge in [0.05, 0.1) is 16.1 Å². The largest absolute Gasteiger partial charge is 0.478 e. The normalized spacial score (nSPS) is 11.3. The quantitative estimate of drug-likeness (QED) is 0.672. The van der Waals surface area contributed by atoms with Crippen LogP contribution in [0, 0.1) is 10.1 Å². The third kappa shape index (κ3) is 2.73. The van der Waals surface area contributed by atoms with Gasteiger partial charge < -0.3 is 5.11 Å². The number of hydrogen-bond acceptors (Lipinski definition) is 3. The lowest BCUT2D eigenvalue weighted by atomic mass is 10.1. The van der Waals surface area contributed by atoms with Crippen LogP contribution in [0.1, 0.15) is 15.9 Å². The van der Waals surface area contributed by atoms with Crippen LogP contribution in [0.15, 0.2) is 16.6 Å². The van der Waals surface area contributed by atoms with Crippen LogP contribution in [0.3, 0.4) is 0 Å². The molecule has 0 unspecified atom stereocenters. The lowest BCUT2D eigenvalue weighted by Crippen LogP contribution is -2.09. The van der Waals surface area contributed by atoms with Crippen LogP contribution < -0.4 is 0 Å². The molecule has 0 heterocycles. The van der Waals surface area contributed by atoms with Gasteiger partial charge in [0.2, 0.25) is 0 Å². The van der Waals surface area contributed by atoms with Gasteiger partial charge in [0.15, 0.2) is 0 Å². The Bertz CT molecular complexity index is 465. The van der Waals surface area contributed by atoms with Crippen molar-refractivity contribution < 1.29 is 28.0 Å². The number of aromatic carboxylic acids is 1. The van der Waals surface area contributed by atoms with Crippen LogP contribution in [0.25, 0.3) is 0 Å². The Kier molecular flexibility index (Phi) is 3.41. The summed E-state index contributed by atoms with van der Waals surface area (Å²) in [4.78, 5) is 20.1. The molecule has 0 spiro atoms. The molecule has 0 aliphatic heterocycles. The number of carboxylic acids is 1. The van der Waals surface area contributed by atoms with Gasteiger partial charge >= 0.3 is 12.1 Å². The van der Waals surface area contributed by atoms with E-state index >= 15 is 0 Å². The van der Waals surface area contributed by atoms with E-state index in [1.54, 1.807) is 0 Å². The Hall–Kier alpha value is -1.64. The fourth-order valence-electron chi connectivity index (χ4n) is 1.06. The third-order valence-electron chi connectivity index (χ3n) is 1.81. The second kappa shape index (κ2) is 4.32. The number of benzene rings is 1. The molecule has 0 aliphatic rings. The second-order valence-electron chi connectivity index (χ2n) is 2.92. The molecular formula is C8H3BrF3NO4. The minimum atomic E-state index is -4.85. The van der Waals surface area contributed by atoms with Crippen molar-refractivity contribution in [2.75, 3.05) is 0 Å². The van der Waals surface area contributed by atoms with Crippen LogP contribution in [0.4, 0.5) is 18.9 Å². The van der Waals surface area contributed by atoms with E-state index in [4.69, 9.17) is 5.11 Å². The lowest BCUT2D eigenvalue weighted by Gasteiger charge is -2.08. The first kappa shape index (κ1) is 13.4. The molecule has 0 radical (unpaired) electrons. The van der Waals surface area contributed by atoms with Gasteiger partial charge in [-0.25, -0.2) is 4.79 Å². The average molecular weight is 314 g/mol. The topological polar surface area (TPSA) is 80.4 Å². The maximum absolute atomic E-state index is 12.4. The molecule has 0 atom stereocenters. The van der Waals surface area contributed by atoms with Gasteiger partial charge in [-0.2, -0.15) is 13.2 Å². The molecule has 1 aromatic carbocycles. The van der Waals surface area contributed by atoms with Crippen molar-refractivity contribution in [3.63, 3.8) is 0 Å². The van der Waals surface area contributed by atoms with Crippen molar-refractivity contribution in [2.24, 2.45) is 0 Å². The first-order chi connectivity index (χ1) is 7.64. The summed E-state index contributed by atoms with van der Waals surface area (Å²) in [6.07, 6.45) is -4.85. The van der Waals surface area contributed by atoms with Crippen LogP contribution in [-0.4, -0.2) is 16.0 Å². The highest BCUT2D eigenvalue weighted by Crippen LogP contribution is 2.37. The zero-order chi connectivity index (χ0) is 13.4. The molecular weight excluding hydrogens is 311 g/mol. The van der Waals surface area contributed by atoms with Crippen LogP contribution in [0.5, 0.6) is 0 Å². The Morgan fingerprint density at radius 1 is 1.41 bits per heavy atom. The van der Waals surface area contributed by atoms with E-state index in [1.807, 2.05) is 0 Å². The van der Waals surface area contributed by atoms with E-state index in [-0.39, 0.29) is 6.07 Å². The minimum Gasteiger partial charge on any atom is -0.478 e. The molecule has 1 aromatic rings. The average Bonchev–Trinajstić information content (AvgIpc) is 2.14. The molecule has 17 heavy (non-hydrogen) atoms. The van der Waals surface area contributed by atoms with Crippen molar-refractivity contribution in [3.05, 3.63) is 37.8 Å². The summed E-state index contributed by atoms with van der Waals surface area (Å²) in [5.41, 5.74) is -3.14. The smallest absolute Gasteiger partial charge is 0.416 e. The van der Waals surface area contributed by atoms with Gasteiger partial charge in [-0.1, -0.05) is 0 Å². The fraction of sp³-hybridized carbons (Fsp3) is 0.125. The van der Waals surface area contributed by atoms with Crippen LogP contribution in [0.2, 0.25) is 0 Å². The predicted octanol–water partition coefficient (Wildman–Crippen LogP) is 3.07. The molecule has 1 N–H and O–H groups in total. The van der Waals surface area contributed by atoms with Crippen LogP contribution in [-0.2, 0) is 6.18 Å². The standard InChI is InChI=1S/C8H3BrF3NO4/c9-6-4(7(14)15)1-3(8(10,11)12)2-5(6)13(16)17/h1-2H,(H,14,15). The Balaban J connectivity index is 3.59. The van der Waals surface area contributed by atoms with Gasteiger partial charge in [0.25, 0.3) is 5.69 Å². The lowest BCUT2D eigenvalue weighted by molar-refractivity contribution is -0.385. The second-order valence-corrected chi connectivity index (χ2v) is 3.71. The molecule has 0 saturated carbocycles. The SMILES string of the molecule is O=C(O)c1cc(C(F)(F)F)cc([N+](=O)[O-])c1Br. The minimum absolute atomic E-state index is 0.274. The van der Waals surface area contributed by atoms with Gasteiger partial charge in [-0.05, 0) is 22.0 Å². The predicted molar refractivity (Wildman–Crippen MR) is 52.8 cm³/mol. The fourth-order valence-corrected chi connectivity index (χ4v) is 1.60. The monoisotopic (exact) mass is 313 g/mol. The van der Waals surface area contributed by atoms with Gasteiger partial charge in [-0.3, -0.25) is 10.1 Å². The molecule has 0 aliphatic carbocycles. The summed E-state index contributed by atoms with van der Waals surface area (Å²) in [7, 11) is 0. The summed E-state index contributed by atoms with van der Waals surface area (Å²) >= 11 is 2.59. The first-order valence-electron chi connectivity index (χ1n) is 3.93. The molecule has 0 saturated heterocycles. The number of nitro groups is 1. The first-order valence-corrected chi connectivity index (χ1v) is 4.72. The summed E-state index contributed by atoms with van der Waals surface area (Å²) in [6, 6.07) is 0.607. The summed E-state index contributed by atoms with van der Waals surface area (Å²) in [5, 5.41) is 19.1. The maximum Gasteiger partial charge on any atom is 0.416 e. The van der Waals surface area contributed by atoms with Gasteiger partial charge in [-0.15, -0.1) is 0 Å². The van der Waals surface area contributed by atoms with E-state index < -0.39 is 38.4 Å². The molecule has 9 heteroatoms.